The van der Waals surface area contributed by atoms with Crippen molar-refractivity contribution in [3.63, 3.8) is 0 Å². The first kappa shape index (κ1) is 17.4. The van der Waals surface area contributed by atoms with Gasteiger partial charge >= 0.3 is 12.0 Å². The van der Waals surface area contributed by atoms with Crippen LogP contribution in [0, 0.1) is 0 Å². The van der Waals surface area contributed by atoms with Gasteiger partial charge in [-0.05, 0) is 24.3 Å². The number of nitrogens with one attached hydrogen (secondary N) is 2. The molecule has 0 bridgehead atoms. The lowest BCUT2D eigenvalue weighted by atomic mass is 10.1. The number of urea groups is 1. The number of carbonyl (C=O) groups excluding carboxylic acids is 1. The minimum absolute atomic E-state index is 0.0756. The lowest BCUT2D eigenvalue weighted by Crippen LogP contribution is -2.21. The first-order chi connectivity index (χ1) is 11.4. The fourth-order valence-corrected chi connectivity index (χ4v) is 2.10. The van der Waals surface area contributed by atoms with Gasteiger partial charge < -0.3 is 25.2 Å². The number of hydrogen-bond donors (Lipinski definition) is 3. The number of rotatable bonds is 5. The molecule has 3 N–H and O–H groups in total. The highest BCUT2D eigenvalue weighted by Crippen LogP contribution is 2.33. The quantitative estimate of drug-likeness (QED) is 0.764. The minimum atomic E-state index is -1.21. The minimum Gasteiger partial charge on any atom is -0.493 e. The molecular weight excluding hydrogens is 336 g/mol. The average Bonchev–Trinajstić information content (AvgIpc) is 2.56. The fourth-order valence-electron chi connectivity index (χ4n) is 1.98. The van der Waals surface area contributed by atoms with Crippen LogP contribution in [-0.4, -0.2) is 31.3 Å². The molecule has 0 aromatic heterocycles. The van der Waals surface area contributed by atoms with E-state index in [0.29, 0.717) is 16.5 Å². The third kappa shape index (κ3) is 4.08. The molecule has 7 nitrogen and oxygen atoms in total. The Morgan fingerprint density at radius 2 is 1.58 bits per heavy atom. The zero-order valence-electron chi connectivity index (χ0n) is 12.9. The van der Waals surface area contributed by atoms with Gasteiger partial charge in [-0.1, -0.05) is 11.6 Å². The molecule has 2 aromatic rings. The Morgan fingerprint density at radius 1 is 1.00 bits per heavy atom. The second kappa shape index (κ2) is 7.56. The summed E-state index contributed by atoms with van der Waals surface area (Å²) in [6, 6.07) is 8.53. The van der Waals surface area contributed by atoms with Crippen LogP contribution in [-0.2, 0) is 0 Å². The Balaban J connectivity index is 2.25. The SMILES string of the molecule is COc1cc(NC(=O)Nc2ccc(Cl)cc2)c(C(=O)O)cc1OC. The van der Waals surface area contributed by atoms with Gasteiger partial charge in [0, 0.05) is 22.8 Å². The number of methoxy groups -OCH3 is 2. The lowest BCUT2D eigenvalue weighted by molar-refractivity contribution is 0.0697. The summed E-state index contributed by atoms with van der Waals surface area (Å²) in [5.74, 6) is -0.666. The molecule has 0 spiro atoms. The molecule has 0 saturated carbocycles. The molecular formula is C16H15ClN2O5. The number of amides is 2. The molecule has 0 unspecified atom stereocenters. The Labute approximate surface area is 143 Å². The molecule has 0 aliphatic rings. The van der Waals surface area contributed by atoms with Crippen molar-refractivity contribution in [2.45, 2.75) is 0 Å². The van der Waals surface area contributed by atoms with E-state index in [1.165, 1.54) is 26.4 Å². The molecule has 0 aliphatic heterocycles. The maximum Gasteiger partial charge on any atom is 0.337 e. The highest BCUT2D eigenvalue weighted by Gasteiger charge is 2.18. The molecule has 8 heteroatoms. The summed E-state index contributed by atoms with van der Waals surface area (Å²) in [5, 5.41) is 14.9. The van der Waals surface area contributed by atoms with Crippen molar-refractivity contribution in [2.24, 2.45) is 0 Å². The fraction of sp³-hybridized carbons (Fsp3) is 0.125. The van der Waals surface area contributed by atoms with Gasteiger partial charge in [0.05, 0.1) is 25.5 Å². The van der Waals surface area contributed by atoms with Crippen LogP contribution in [0.2, 0.25) is 5.02 Å². The molecule has 0 saturated heterocycles. The summed E-state index contributed by atoms with van der Waals surface area (Å²) in [6.45, 7) is 0. The molecule has 0 radical (unpaired) electrons. The third-order valence-corrected chi connectivity index (χ3v) is 3.36. The molecule has 0 heterocycles. The predicted molar refractivity (Wildman–Crippen MR) is 90.6 cm³/mol. The van der Waals surface area contributed by atoms with Gasteiger partial charge in [0.2, 0.25) is 0 Å². The van der Waals surface area contributed by atoms with Crippen LogP contribution in [0.25, 0.3) is 0 Å². The van der Waals surface area contributed by atoms with E-state index in [1.54, 1.807) is 24.3 Å². The zero-order valence-corrected chi connectivity index (χ0v) is 13.7. The van der Waals surface area contributed by atoms with Gasteiger partial charge in [-0.15, -0.1) is 0 Å². The summed E-state index contributed by atoms with van der Waals surface area (Å²) >= 11 is 5.78. The number of aromatic carboxylic acids is 1. The van der Waals surface area contributed by atoms with Crippen LogP contribution in [0.4, 0.5) is 16.2 Å². The van der Waals surface area contributed by atoms with Crippen molar-refractivity contribution < 1.29 is 24.2 Å². The van der Waals surface area contributed by atoms with Crippen LogP contribution in [0.5, 0.6) is 11.5 Å². The topological polar surface area (TPSA) is 96.9 Å². The first-order valence-corrected chi connectivity index (χ1v) is 7.15. The maximum absolute atomic E-state index is 12.1. The first-order valence-electron chi connectivity index (χ1n) is 6.77. The number of halogens is 1. The summed E-state index contributed by atoms with van der Waals surface area (Å²) in [7, 11) is 2.81. The van der Waals surface area contributed by atoms with E-state index < -0.39 is 12.0 Å². The van der Waals surface area contributed by atoms with Crippen LogP contribution in [0.1, 0.15) is 10.4 Å². The van der Waals surface area contributed by atoms with E-state index in [2.05, 4.69) is 10.6 Å². The Morgan fingerprint density at radius 3 is 2.12 bits per heavy atom. The normalized spacial score (nSPS) is 9.96. The van der Waals surface area contributed by atoms with Crippen molar-refractivity contribution in [1.29, 1.82) is 0 Å². The Hall–Kier alpha value is -2.93. The van der Waals surface area contributed by atoms with Crippen LogP contribution >= 0.6 is 11.6 Å². The molecule has 2 aromatic carbocycles. The lowest BCUT2D eigenvalue weighted by Gasteiger charge is -2.14. The van der Waals surface area contributed by atoms with Crippen molar-refractivity contribution in [1.82, 2.24) is 0 Å². The smallest absolute Gasteiger partial charge is 0.337 e. The summed E-state index contributed by atoms with van der Waals surface area (Å²) < 4.78 is 10.2. The number of benzene rings is 2. The van der Waals surface area contributed by atoms with Gasteiger partial charge in [0.25, 0.3) is 0 Å². The molecule has 126 valence electrons. The van der Waals surface area contributed by atoms with Gasteiger partial charge in [0.1, 0.15) is 0 Å². The number of anilines is 2. The van der Waals surface area contributed by atoms with Crippen molar-refractivity contribution in [3.05, 3.63) is 47.0 Å². The van der Waals surface area contributed by atoms with Gasteiger partial charge in [-0.25, -0.2) is 9.59 Å². The van der Waals surface area contributed by atoms with E-state index >= 15 is 0 Å². The molecule has 2 amide bonds. The highest BCUT2D eigenvalue weighted by molar-refractivity contribution is 6.30. The Bertz CT molecular complexity index is 762. The van der Waals surface area contributed by atoms with Gasteiger partial charge in [-0.2, -0.15) is 0 Å². The number of carboxylic acid groups (broad SMARTS) is 1. The van der Waals surface area contributed by atoms with Crippen LogP contribution in [0.3, 0.4) is 0 Å². The van der Waals surface area contributed by atoms with Crippen molar-refractivity contribution in [3.8, 4) is 11.5 Å². The number of ether oxygens (including phenoxy) is 2. The predicted octanol–water partition coefficient (Wildman–Crippen LogP) is 3.70. The molecule has 24 heavy (non-hydrogen) atoms. The second-order valence-corrected chi connectivity index (χ2v) is 5.08. The molecule has 0 aliphatic carbocycles. The van der Waals surface area contributed by atoms with Crippen LogP contribution in [0.15, 0.2) is 36.4 Å². The molecule has 0 atom stereocenters. The van der Waals surface area contributed by atoms with Crippen molar-refractivity contribution >= 4 is 35.0 Å². The van der Waals surface area contributed by atoms with Gasteiger partial charge in [0.15, 0.2) is 11.5 Å². The van der Waals surface area contributed by atoms with Gasteiger partial charge in [-0.3, -0.25) is 0 Å². The van der Waals surface area contributed by atoms with Crippen molar-refractivity contribution in [2.75, 3.05) is 24.9 Å². The largest absolute Gasteiger partial charge is 0.493 e. The second-order valence-electron chi connectivity index (χ2n) is 4.64. The Kier molecular flexibility index (Phi) is 5.49. The highest BCUT2D eigenvalue weighted by atomic mass is 35.5. The maximum atomic E-state index is 12.1. The van der Waals surface area contributed by atoms with E-state index in [4.69, 9.17) is 21.1 Å². The monoisotopic (exact) mass is 350 g/mol. The molecule has 0 fully saturated rings. The van der Waals surface area contributed by atoms with E-state index in [-0.39, 0.29) is 17.0 Å². The average molecular weight is 351 g/mol. The van der Waals surface area contributed by atoms with E-state index in [0.717, 1.165) is 0 Å². The number of carbonyl (C=O) groups is 2. The number of hydrogen-bond acceptors (Lipinski definition) is 4. The summed E-state index contributed by atoms with van der Waals surface area (Å²) in [4.78, 5) is 23.5. The molecule has 2 rings (SSSR count). The summed E-state index contributed by atoms with van der Waals surface area (Å²) in [5.41, 5.74) is 0.458. The third-order valence-electron chi connectivity index (χ3n) is 3.10. The van der Waals surface area contributed by atoms with E-state index in [1.807, 2.05) is 0 Å². The summed E-state index contributed by atoms with van der Waals surface area (Å²) in [6.07, 6.45) is 0. The zero-order chi connectivity index (χ0) is 17.7. The standard InChI is InChI=1S/C16H15ClN2O5/c1-23-13-7-11(15(20)21)12(8-14(13)24-2)19-16(22)18-10-5-3-9(17)4-6-10/h3-8H,1-2H3,(H,20,21)(H2,18,19,22). The number of carboxylic acids is 1. The van der Waals surface area contributed by atoms with Crippen LogP contribution < -0.4 is 20.1 Å². The van der Waals surface area contributed by atoms with E-state index in [9.17, 15) is 14.7 Å².